The van der Waals surface area contributed by atoms with Crippen LogP contribution in [0.15, 0.2) is 39.0 Å². The van der Waals surface area contributed by atoms with Gasteiger partial charge in [0.2, 0.25) is 0 Å². The standard InChI is InChI=1S/C14H17BrN2O2S2/c1-2-3-10-4-6-11(7-5-10)17-21(18,19)13-8-12(9-16)20-14(13)15/h4-8,17H,2-3,9,16H2,1H3. The molecule has 0 aliphatic carbocycles. The molecule has 4 nitrogen and oxygen atoms in total. The number of rotatable bonds is 6. The third kappa shape index (κ3) is 4.06. The van der Waals surface area contributed by atoms with Gasteiger partial charge in [-0.3, -0.25) is 4.72 Å². The summed E-state index contributed by atoms with van der Waals surface area (Å²) in [6.45, 7) is 2.43. The highest BCUT2D eigenvalue weighted by molar-refractivity contribution is 9.11. The highest BCUT2D eigenvalue weighted by atomic mass is 79.9. The zero-order valence-electron chi connectivity index (χ0n) is 11.6. The fourth-order valence-electron chi connectivity index (χ4n) is 1.92. The first-order valence-electron chi connectivity index (χ1n) is 6.56. The van der Waals surface area contributed by atoms with E-state index in [4.69, 9.17) is 5.73 Å². The Labute approximate surface area is 137 Å². The van der Waals surface area contributed by atoms with Crippen LogP contribution in [0.1, 0.15) is 23.8 Å². The van der Waals surface area contributed by atoms with Crippen molar-refractivity contribution in [2.45, 2.75) is 31.2 Å². The van der Waals surface area contributed by atoms with Crippen molar-refractivity contribution in [1.29, 1.82) is 0 Å². The minimum atomic E-state index is -3.60. The van der Waals surface area contributed by atoms with Crippen LogP contribution in [0.4, 0.5) is 5.69 Å². The Morgan fingerprint density at radius 3 is 2.48 bits per heavy atom. The van der Waals surface area contributed by atoms with Gasteiger partial charge in [-0.05, 0) is 46.1 Å². The number of hydrogen-bond donors (Lipinski definition) is 2. The van der Waals surface area contributed by atoms with E-state index in [1.54, 1.807) is 18.2 Å². The van der Waals surface area contributed by atoms with Crippen LogP contribution in [0.25, 0.3) is 0 Å². The Balaban J connectivity index is 2.22. The highest BCUT2D eigenvalue weighted by Gasteiger charge is 2.20. The van der Waals surface area contributed by atoms with Crippen molar-refractivity contribution in [2.24, 2.45) is 5.73 Å². The van der Waals surface area contributed by atoms with E-state index in [2.05, 4.69) is 27.6 Å². The predicted octanol–water partition coefficient (Wildman–Crippen LogP) is 3.72. The van der Waals surface area contributed by atoms with Gasteiger partial charge in [0.15, 0.2) is 0 Å². The highest BCUT2D eigenvalue weighted by Crippen LogP contribution is 2.32. The number of hydrogen-bond acceptors (Lipinski definition) is 4. The van der Waals surface area contributed by atoms with Crippen molar-refractivity contribution in [3.05, 3.63) is 44.6 Å². The summed E-state index contributed by atoms with van der Waals surface area (Å²) in [5.74, 6) is 0. The number of sulfonamides is 1. The van der Waals surface area contributed by atoms with E-state index in [-0.39, 0.29) is 4.90 Å². The Hall–Kier alpha value is -0.890. The molecule has 0 amide bonds. The van der Waals surface area contributed by atoms with Crippen molar-refractivity contribution >= 4 is 43.0 Å². The average molecular weight is 389 g/mol. The average Bonchev–Trinajstić information content (AvgIpc) is 2.83. The van der Waals surface area contributed by atoms with Gasteiger partial charge in [0.25, 0.3) is 10.0 Å². The van der Waals surface area contributed by atoms with Crippen molar-refractivity contribution in [1.82, 2.24) is 0 Å². The molecule has 7 heteroatoms. The van der Waals surface area contributed by atoms with Gasteiger partial charge < -0.3 is 5.73 Å². The molecule has 0 aliphatic heterocycles. The molecule has 21 heavy (non-hydrogen) atoms. The first-order chi connectivity index (χ1) is 9.96. The summed E-state index contributed by atoms with van der Waals surface area (Å²) in [6.07, 6.45) is 2.05. The topological polar surface area (TPSA) is 72.2 Å². The van der Waals surface area contributed by atoms with E-state index >= 15 is 0 Å². The van der Waals surface area contributed by atoms with Gasteiger partial charge in [-0.1, -0.05) is 25.5 Å². The molecule has 0 spiro atoms. The van der Waals surface area contributed by atoms with Crippen LogP contribution >= 0.6 is 27.3 Å². The second kappa shape index (κ2) is 6.91. The SMILES string of the molecule is CCCc1ccc(NS(=O)(=O)c2cc(CN)sc2Br)cc1. The summed E-state index contributed by atoms with van der Waals surface area (Å²) in [5.41, 5.74) is 7.30. The molecular weight excluding hydrogens is 372 g/mol. The molecule has 0 atom stereocenters. The molecule has 0 saturated carbocycles. The number of nitrogens with one attached hydrogen (secondary N) is 1. The molecule has 2 rings (SSSR count). The van der Waals surface area contributed by atoms with Gasteiger partial charge in [-0.25, -0.2) is 8.42 Å². The quantitative estimate of drug-likeness (QED) is 0.791. The van der Waals surface area contributed by atoms with Crippen LogP contribution in [0.5, 0.6) is 0 Å². The minimum absolute atomic E-state index is 0.227. The summed E-state index contributed by atoms with van der Waals surface area (Å²) in [7, 11) is -3.60. The minimum Gasteiger partial charge on any atom is -0.326 e. The molecule has 1 heterocycles. The fourth-order valence-corrected chi connectivity index (χ4v) is 5.54. The first-order valence-corrected chi connectivity index (χ1v) is 9.65. The fraction of sp³-hybridized carbons (Fsp3) is 0.286. The van der Waals surface area contributed by atoms with Crippen LogP contribution in [-0.2, 0) is 23.0 Å². The third-order valence-electron chi connectivity index (χ3n) is 2.94. The Kier molecular flexibility index (Phi) is 5.43. The molecule has 0 fully saturated rings. The summed E-state index contributed by atoms with van der Waals surface area (Å²) < 4.78 is 27.9. The molecule has 0 saturated heterocycles. The maximum atomic E-state index is 12.4. The Morgan fingerprint density at radius 2 is 1.95 bits per heavy atom. The maximum absolute atomic E-state index is 12.4. The molecule has 0 radical (unpaired) electrons. The molecule has 0 bridgehead atoms. The van der Waals surface area contributed by atoms with Gasteiger partial charge in [-0.2, -0.15) is 0 Å². The molecule has 0 unspecified atom stereocenters. The molecule has 1 aromatic heterocycles. The largest absolute Gasteiger partial charge is 0.326 e. The first kappa shape index (κ1) is 16.5. The Morgan fingerprint density at radius 1 is 1.29 bits per heavy atom. The number of thiophene rings is 1. The van der Waals surface area contributed by atoms with E-state index in [9.17, 15) is 8.42 Å². The van der Waals surface area contributed by atoms with E-state index in [0.29, 0.717) is 16.0 Å². The van der Waals surface area contributed by atoms with Crippen LogP contribution < -0.4 is 10.5 Å². The lowest BCUT2D eigenvalue weighted by Crippen LogP contribution is -2.12. The second-order valence-corrected chi connectivity index (χ2v) is 8.71. The van der Waals surface area contributed by atoms with Crippen LogP contribution in [0, 0.1) is 0 Å². The van der Waals surface area contributed by atoms with E-state index in [0.717, 1.165) is 17.7 Å². The summed E-state index contributed by atoms with van der Waals surface area (Å²) in [4.78, 5) is 1.05. The zero-order valence-corrected chi connectivity index (χ0v) is 14.8. The normalized spacial score (nSPS) is 11.6. The molecule has 114 valence electrons. The molecule has 1 aromatic carbocycles. The van der Waals surface area contributed by atoms with Gasteiger partial charge in [0.05, 0.1) is 3.79 Å². The smallest absolute Gasteiger partial charge is 0.263 e. The van der Waals surface area contributed by atoms with Gasteiger partial charge in [0, 0.05) is 17.1 Å². The number of nitrogens with two attached hydrogens (primary N) is 1. The van der Waals surface area contributed by atoms with E-state index in [1.165, 1.54) is 16.9 Å². The lowest BCUT2D eigenvalue weighted by Gasteiger charge is -2.08. The van der Waals surface area contributed by atoms with E-state index in [1.807, 2.05) is 12.1 Å². The molecular formula is C14H17BrN2O2S2. The number of halogens is 1. The Bertz CT molecular complexity index is 709. The molecule has 3 N–H and O–H groups in total. The van der Waals surface area contributed by atoms with Gasteiger partial charge in [-0.15, -0.1) is 11.3 Å². The van der Waals surface area contributed by atoms with Gasteiger partial charge >= 0.3 is 0 Å². The van der Waals surface area contributed by atoms with Crippen molar-refractivity contribution in [3.63, 3.8) is 0 Å². The maximum Gasteiger partial charge on any atom is 0.263 e. The third-order valence-corrected chi connectivity index (χ3v) is 6.60. The van der Waals surface area contributed by atoms with Crippen molar-refractivity contribution in [2.75, 3.05) is 4.72 Å². The van der Waals surface area contributed by atoms with Crippen LogP contribution in [0.3, 0.4) is 0 Å². The summed E-state index contributed by atoms with van der Waals surface area (Å²) in [5, 5.41) is 0. The van der Waals surface area contributed by atoms with Crippen molar-refractivity contribution in [3.8, 4) is 0 Å². The lowest BCUT2D eigenvalue weighted by molar-refractivity contribution is 0.601. The van der Waals surface area contributed by atoms with Crippen molar-refractivity contribution < 1.29 is 8.42 Å². The van der Waals surface area contributed by atoms with Crippen LogP contribution in [0.2, 0.25) is 0 Å². The second-order valence-electron chi connectivity index (χ2n) is 4.61. The monoisotopic (exact) mass is 388 g/mol. The molecule has 0 aliphatic rings. The number of aryl methyl sites for hydroxylation is 1. The van der Waals surface area contributed by atoms with E-state index < -0.39 is 10.0 Å². The molecule has 2 aromatic rings. The number of anilines is 1. The number of benzene rings is 1. The summed E-state index contributed by atoms with van der Waals surface area (Å²) >= 11 is 4.62. The van der Waals surface area contributed by atoms with Crippen LogP contribution in [-0.4, -0.2) is 8.42 Å². The van der Waals surface area contributed by atoms with Gasteiger partial charge in [0.1, 0.15) is 4.90 Å². The zero-order chi connectivity index (χ0) is 15.5. The predicted molar refractivity (Wildman–Crippen MR) is 91.2 cm³/mol. The lowest BCUT2D eigenvalue weighted by atomic mass is 10.1. The summed E-state index contributed by atoms with van der Waals surface area (Å²) in [6, 6.07) is 9.05.